The molecule has 6 heteroatoms. The predicted octanol–water partition coefficient (Wildman–Crippen LogP) is 1.92. The van der Waals surface area contributed by atoms with E-state index < -0.39 is 0 Å². The average molecular weight is 354 g/mol. The largest absolute Gasteiger partial charge is 0.378 e. The number of pyridine rings is 1. The molecule has 2 fully saturated rings. The molecule has 21 heavy (non-hydrogen) atoms. The zero-order valence-electron chi connectivity index (χ0n) is 12.0. The number of ether oxygens (including phenoxy) is 1. The van der Waals surface area contributed by atoms with Gasteiger partial charge in [0.1, 0.15) is 0 Å². The second-order valence-corrected chi connectivity index (χ2v) is 6.40. The molecule has 0 spiro atoms. The molecule has 0 bridgehead atoms. The maximum Gasteiger partial charge on any atom is 0.227 e. The van der Waals surface area contributed by atoms with Crippen molar-refractivity contribution in [1.82, 2.24) is 9.88 Å². The predicted molar refractivity (Wildman–Crippen MR) is 84.3 cm³/mol. The average Bonchev–Trinajstić information content (AvgIpc) is 2.55. The first-order valence-corrected chi connectivity index (χ1v) is 8.26. The van der Waals surface area contributed by atoms with E-state index >= 15 is 0 Å². The van der Waals surface area contributed by atoms with Crippen molar-refractivity contribution in [3.05, 3.63) is 22.9 Å². The molecule has 1 aromatic rings. The number of amides is 1. The van der Waals surface area contributed by atoms with Crippen LogP contribution in [0.3, 0.4) is 0 Å². The lowest BCUT2D eigenvalue weighted by Gasteiger charge is -2.37. The maximum absolute atomic E-state index is 12.6. The summed E-state index contributed by atoms with van der Waals surface area (Å²) in [6.07, 6.45) is 5.64. The highest BCUT2D eigenvalue weighted by Gasteiger charge is 2.30. The fourth-order valence-electron chi connectivity index (χ4n) is 3.06. The fourth-order valence-corrected chi connectivity index (χ4v) is 3.56. The third kappa shape index (κ3) is 3.37. The zero-order valence-corrected chi connectivity index (χ0v) is 13.6. The highest BCUT2D eigenvalue weighted by molar-refractivity contribution is 9.10. The minimum Gasteiger partial charge on any atom is -0.378 e. The number of carbonyl (C=O) groups is 1. The van der Waals surface area contributed by atoms with Gasteiger partial charge in [-0.1, -0.05) is 0 Å². The first-order chi connectivity index (χ1) is 10.3. The van der Waals surface area contributed by atoms with E-state index in [1.165, 1.54) is 0 Å². The number of rotatable bonds is 2. The monoisotopic (exact) mass is 353 g/mol. The van der Waals surface area contributed by atoms with E-state index in [4.69, 9.17) is 4.74 Å². The molecule has 5 nitrogen and oxygen atoms in total. The van der Waals surface area contributed by atoms with E-state index in [-0.39, 0.29) is 11.8 Å². The number of halogens is 1. The van der Waals surface area contributed by atoms with Gasteiger partial charge in [-0.05, 0) is 34.8 Å². The van der Waals surface area contributed by atoms with E-state index in [1.807, 2.05) is 17.2 Å². The van der Waals surface area contributed by atoms with Gasteiger partial charge in [-0.25, -0.2) is 0 Å². The normalized spacial score (nSPS) is 23.2. The standard InChI is InChI=1S/C15H20BrN3O2/c16-13-10-17-4-3-14(13)19-5-1-2-12(11-19)15(20)18-6-8-21-9-7-18/h3-4,10,12H,1-2,5-9,11H2. The van der Waals surface area contributed by atoms with Crippen LogP contribution in [0.25, 0.3) is 0 Å². The molecule has 0 N–H and O–H groups in total. The van der Waals surface area contributed by atoms with Crippen LogP contribution in [0.4, 0.5) is 5.69 Å². The summed E-state index contributed by atoms with van der Waals surface area (Å²) in [6.45, 7) is 4.58. The zero-order chi connectivity index (χ0) is 14.7. The van der Waals surface area contributed by atoms with Crippen molar-refractivity contribution in [3.63, 3.8) is 0 Å². The van der Waals surface area contributed by atoms with Crippen LogP contribution in [-0.4, -0.2) is 55.2 Å². The van der Waals surface area contributed by atoms with Gasteiger partial charge in [0, 0.05) is 38.6 Å². The van der Waals surface area contributed by atoms with Gasteiger partial charge in [0.2, 0.25) is 5.91 Å². The highest BCUT2D eigenvalue weighted by Crippen LogP contribution is 2.29. The molecule has 2 aliphatic rings. The molecule has 0 aromatic carbocycles. The molecular weight excluding hydrogens is 334 g/mol. The maximum atomic E-state index is 12.6. The van der Waals surface area contributed by atoms with Crippen molar-refractivity contribution >= 4 is 27.5 Å². The lowest BCUT2D eigenvalue weighted by Crippen LogP contribution is -2.48. The van der Waals surface area contributed by atoms with E-state index in [2.05, 4.69) is 25.8 Å². The van der Waals surface area contributed by atoms with E-state index in [1.54, 1.807) is 6.20 Å². The Morgan fingerprint density at radius 1 is 1.33 bits per heavy atom. The summed E-state index contributed by atoms with van der Waals surface area (Å²) < 4.78 is 6.32. The van der Waals surface area contributed by atoms with Gasteiger partial charge in [-0.2, -0.15) is 0 Å². The van der Waals surface area contributed by atoms with Gasteiger partial charge in [0.15, 0.2) is 0 Å². The van der Waals surface area contributed by atoms with Crippen LogP contribution in [0.15, 0.2) is 22.9 Å². The Balaban J connectivity index is 1.68. The number of aromatic nitrogens is 1. The molecule has 1 aromatic heterocycles. The van der Waals surface area contributed by atoms with Crippen molar-refractivity contribution in [3.8, 4) is 0 Å². The number of piperidine rings is 1. The lowest BCUT2D eigenvalue weighted by molar-refractivity contribution is -0.139. The molecule has 0 radical (unpaired) electrons. The van der Waals surface area contributed by atoms with Gasteiger partial charge in [-0.15, -0.1) is 0 Å². The summed E-state index contributed by atoms with van der Waals surface area (Å²) in [5.41, 5.74) is 1.13. The summed E-state index contributed by atoms with van der Waals surface area (Å²) >= 11 is 3.55. The van der Waals surface area contributed by atoms with Crippen LogP contribution in [0, 0.1) is 5.92 Å². The van der Waals surface area contributed by atoms with Crippen LogP contribution >= 0.6 is 15.9 Å². The van der Waals surface area contributed by atoms with Crippen LogP contribution in [0.5, 0.6) is 0 Å². The number of carbonyl (C=O) groups excluding carboxylic acids is 1. The Morgan fingerprint density at radius 3 is 2.90 bits per heavy atom. The van der Waals surface area contributed by atoms with Crippen molar-refractivity contribution in [1.29, 1.82) is 0 Å². The van der Waals surface area contributed by atoms with Crippen LogP contribution in [-0.2, 0) is 9.53 Å². The Morgan fingerprint density at radius 2 is 2.14 bits per heavy atom. The van der Waals surface area contributed by atoms with Crippen molar-refractivity contribution in [2.45, 2.75) is 12.8 Å². The van der Waals surface area contributed by atoms with Crippen LogP contribution in [0.2, 0.25) is 0 Å². The number of hydrogen-bond acceptors (Lipinski definition) is 4. The second-order valence-electron chi connectivity index (χ2n) is 5.55. The molecule has 0 saturated carbocycles. The number of morpholine rings is 1. The molecule has 114 valence electrons. The second kappa shape index (κ2) is 6.75. The summed E-state index contributed by atoms with van der Waals surface area (Å²) in [4.78, 5) is 21.0. The minimum atomic E-state index is 0.0944. The van der Waals surface area contributed by atoms with Crippen molar-refractivity contribution in [2.75, 3.05) is 44.3 Å². The Kier molecular flexibility index (Phi) is 4.75. The first kappa shape index (κ1) is 14.8. The quantitative estimate of drug-likeness (QED) is 0.814. The van der Waals surface area contributed by atoms with Gasteiger partial charge in [0.25, 0.3) is 0 Å². The molecule has 1 atom stereocenters. The molecule has 3 heterocycles. The first-order valence-electron chi connectivity index (χ1n) is 7.46. The molecule has 2 saturated heterocycles. The SMILES string of the molecule is O=C(C1CCCN(c2ccncc2Br)C1)N1CCOCC1. The Labute approximate surface area is 133 Å². The lowest BCUT2D eigenvalue weighted by atomic mass is 9.96. The van der Waals surface area contributed by atoms with Gasteiger partial charge in [-0.3, -0.25) is 9.78 Å². The summed E-state index contributed by atoms with van der Waals surface area (Å²) in [6, 6.07) is 2.01. The molecule has 1 amide bonds. The minimum absolute atomic E-state index is 0.0944. The van der Waals surface area contributed by atoms with Gasteiger partial charge < -0.3 is 14.5 Å². The Hall–Kier alpha value is -1.14. The Bertz CT molecular complexity index is 505. The highest BCUT2D eigenvalue weighted by atomic mass is 79.9. The molecule has 3 rings (SSSR count). The third-order valence-electron chi connectivity index (χ3n) is 4.19. The summed E-state index contributed by atoms with van der Waals surface area (Å²) in [5, 5.41) is 0. The van der Waals surface area contributed by atoms with E-state index in [0.717, 1.165) is 49.2 Å². The van der Waals surface area contributed by atoms with Gasteiger partial charge >= 0.3 is 0 Å². The van der Waals surface area contributed by atoms with E-state index in [0.29, 0.717) is 13.2 Å². The third-order valence-corrected chi connectivity index (χ3v) is 4.80. The topological polar surface area (TPSA) is 45.7 Å². The van der Waals surface area contributed by atoms with Crippen LogP contribution in [0.1, 0.15) is 12.8 Å². The molecular formula is C15H20BrN3O2. The number of nitrogens with zero attached hydrogens (tertiary/aromatic N) is 3. The fraction of sp³-hybridized carbons (Fsp3) is 0.600. The number of anilines is 1. The van der Waals surface area contributed by atoms with E-state index in [9.17, 15) is 4.79 Å². The van der Waals surface area contributed by atoms with Crippen molar-refractivity contribution < 1.29 is 9.53 Å². The molecule has 1 unspecified atom stereocenters. The molecule has 0 aliphatic carbocycles. The summed E-state index contributed by atoms with van der Waals surface area (Å²) in [5.74, 6) is 0.380. The smallest absolute Gasteiger partial charge is 0.227 e. The molecule has 2 aliphatic heterocycles. The number of hydrogen-bond donors (Lipinski definition) is 0. The van der Waals surface area contributed by atoms with Crippen LogP contribution < -0.4 is 4.90 Å². The van der Waals surface area contributed by atoms with Crippen molar-refractivity contribution in [2.24, 2.45) is 5.92 Å². The van der Waals surface area contributed by atoms with Gasteiger partial charge in [0.05, 0.1) is 29.3 Å². The summed E-state index contributed by atoms with van der Waals surface area (Å²) in [7, 11) is 0.